The van der Waals surface area contributed by atoms with Crippen LogP contribution >= 0.6 is 0 Å². The summed E-state index contributed by atoms with van der Waals surface area (Å²) in [4.78, 5) is 4.01. The SMILES string of the molecule is CC(C)(C)c1cc(O)c(-c2cccnc2)cc1O. The fourth-order valence-electron chi connectivity index (χ4n) is 1.93. The predicted molar refractivity (Wildman–Crippen MR) is 71.7 cm³/mol. The molecule has 18 heavy (non-hydrogen) atoms. The van der Waals surface area contributed by atoms with Gasteiger partial charge in [-0.1, -0.05) is 26.8 Å². The first-order valence-electron chi connectivity index (χ1n) is 5.86. The summed E-state index contributed by atoms with van der Waals surface area (Å²) in [5.74, 6) is 0.352. The Morgan fingerprint density at radius 1 is 1.06 bits per heavy atom. The molecule has 0 unspecified atom stereocenters. The number of rotatable bonds is 1. The minimum atomic E-state index is -0.213. The Kier molecular flexibility index (Phi) is 2.99. The van der Waals surface area contributed by atoms with Crippen LogP contribution in [0.5, 0.6) is 11.5 Å². The van der Waals surface area contributed by atoms with Crippen molar-refractivity contribution >= 4 is 0 Å². The Balaban J connectivity index is 2.57. The maximum absolute atomic E-state index is 10.1. The molecule has 3 heteroatoms. The van der Waals surface area contributed by atoms with Gasteiger partial charge in [0.1, 0.15) is 11.5 Å². The van der Waals surface area contributed by atoms with Crippen molar-refractivity contribution in [3.05, 3.63) is 42.2 Å². The number of benzene rings is 1. The fourth-order valence-corrected chi connectivity index (χ4v) is 1.93. The summed E-state index contributed by atoms with van der Waals surface area (Å²) in [6, 6.07) is 6.85. The van der Waals surface area contributed by atoms with Crippen LogP contribution in [0, 0.1) is 0 Å². The number of pyridine rings is 1. The van der Waals surface area contributed by atoms with Crippen molar-refractivity contribution in [2.24, 2.45) is 0 Å². The van der Waals surface area contributed by atoms with Gasteiger partial charge in [-0.05, 0) is 23.6 Å². The number of nitrogens with zero attached hydrogens (tertiary/aromatic N) is 1. The van der Waals surface area contributed by atoms with Crippen LogP contribution in [0.4, 0.5) is 0 Å². The Morgan fingerprint density at radius 3 is 2.33 bits per heavy atom. The standard InChI is InChI=1S/C15H17NO2/c1-15(2,3)12-8-13(17)11(7-14(12)18)10-5-4-6-16-9-10/h4-9,17-18H,1-3H3. The van der Waals surface area contributed by atoms with Crippen LogP contribution in [-0.2, 0) is 5.41 Å². The normalized spacial score (nSPS) is 11.5. The first-order chi connectivity index (χ1) is 8.39. The number of aromatic nitrogens is 1. The highest BCUT2D eigenvalue weighted by Gasteiger charge is 2.20. The topological polar surface area (TPSA) is 53.4 Å². The van der Waals surface area contributed by atoms with Crippen molar-refractivity contribution in [1.82, 2.24) is 4.98 Å². The predicted octanol–water partition coefficient (Wildman–Crippen LogP) is 3.46. The molecule has 0 aliphatic carbocycles. The summed E-state index contributed by atoms with van der Waals surface area (Å²) in [5.41, 5.74) is 1.89. The molecule has 1 aromatic heterocycles. The van der Waals surface area contributed by atoms with Gasteiger partial charge in [0.05, 0.1) is 0 Å². The minimum absolute atomic E-state index is 0.158. The molecule has 0 aliphatic rings. The van der Waals surface area contributed by atoms with Crippen molar-refractivity contribution in [3.63, 3.8) is 0 Å². The van der Waals surface area contributed by atoms with Gasteiger partial charge < -0.3 is 10.2 Å². The van der Waals surface area contributed by atoms with Crippen molar-refractivity contribution in [2.45, 2.75) is 26.2 Å². The third kappa shape index (κ3) is 2.30. The van der Waals surface area contributed by atoms with E-state index in [0.29, 0.717) is 5.56 Å². The third-order valence-corrected chi connectivity index (χ3v) is 2.89. The largest absolute Gasteiger partial charge is 0.508 e. The summed E-state index contributed by atoms with van der Waals surface area (Å²) >= 11 is 0. The number of phenols is 2. The highest BCUT2D eigenvalue weighted by molar-refractivity contribution is 5.72. The molecule has 2 rings (SSSR count). The highest BCUT2D eigenvalue weighted by atomic mass is 16.3. The molecule has 0 radical (unpaired) electrons. The Morgan fingerprint density at radius 2 is 1.78 bits per heavy atom. The van der Waals surface area contributed by atoms with E-state index in [1.54, 1.807) is 30.6 Å². The van der Waals surface area contributed by atoms with Crippen molar-refractivity contribution in [3.8, 4) is 22.6 Å². The second-order valence-corrected chi connectivity index (χ2v) is 5.38. The van der Waals surface area contributed by atoms with Crippen LogP contribution in [0.2, 0.25) is 0 Å². The van der Waals surface area contributed by atoms with Gasteiger partial charge in [-0.15, -0.1) is 0 Å². The summed E-state index contributed by atoms with van der Waals surface area (Å²) in [6.07, 6.45) is 3.33. The quantitative estimate of drug-likeness (QED) is 0.754. The number of phenolic OH excluding ortho intramolecular Hbond substituents is 2. The molecule has 0 fully saturated rings. The zero-order chi connectivity index (χ0) is 13.3. The Labute approximate surface area is 107 Å². The average Bonchev–Trinajstić information content (AvgIpc) is 2.31. The van der Waals surface area contributed by atoms with Gasteiger partial charge in [-0.2, -0.15) is 0 Å². The second kappa shape index (κ2) is 4.33. The fraction of sp³-hybridized carbons (Fsp3) is 0.267. The molecule has 1 aromatic carbocycles. The Bertz CT molecular complexity index is 557. The van der Waals surface area contributed by atoms with Gasteiger partial charge in [0.2, 0.25) is 0 Å². The van der Waals surface area contributed by atoms with Crippen molar-refractivity contribution in [1.29, 1.82) is 0 Å². The Hall–Kier alpha value is -2.03. The maximum Gasteiger partial charge on any atom is 0.124 e. The zero-order valence-corrected chi connectivity index (χ0v) is 10.8. The van der Waals surface area contributed by atoms with E-state index in [2.05, 4.69) is 4.98 Å². The van der Waals surface area contributed by atoms with E-state index in [9.17, 15) is 10.2 Å². The van der Waals surface area contributed by atoms with Crippen molar-refractivity contribution < 1.29 is 10.2 Å². The van der Waals surface area contributed by atoms with E-state index in [1.807, 2.05) is 26.8 Å². The molecule has 0 saturated carbocycles. The molecular formula is C15H17NO2. The number of hydrogen-bond acceptors (Lipinski definition) is 3. The highest BCUT2D eigenvalue weighted by Crippen LogP contribution is 2.39. The maximum atomic E-state index is 10.1. The second-order valence-electron chi connectivity index (χ2n) is 5.38. The molecule has 0 aliphatic heterocycles. The van der Waals surface area contributed by atoms with E-state index in [4.69, 9.17) is 0 Å². The van der Waals surface area contributed by atoms with Crippen molar-refractivity contribution in [2.75, 3.05) is 0 Å². The van der Waals surface area contributed by atoms with Gasteiger partial charge in [0, 0.05) is 29.1 Å². The van der Waals surface area contributed by atoms with Gasteiger partial charge >= 0.3 is 0 Å². The first-order valence-corrected chi connectivity index (χ1v) is 5.86. The van der Waals surface area contributed by atoms with E-state index in [-0.39, 0.29) is 16.9 Å². The smallest absolute Gasteiger partial charge is 0.124 e. The average molecular weight is 243 g/mol. The molecule has 0 spiro atoms. The summed E-state index contributed by atoms with van der Waals surface area (Å²) in [5, 5.41) is 20.2. The molecule has 2 aromatic rings. The van der Waals surface area contributed by atoms with E-state index in [1.165, 1.54) is 0 Å². The molecule has 0 atom stereocenters. The van der Waals surface area contributed by atoms with E-state index >= 15 is 0 Å². The molecule has 3 nitrogen and oxygen atoms in total. The molecule has 94 valence electrons. The monoisotopic (exact) mass is 243 g/mol. The van der Waals surface area contributed by atoms with Crippen LogP contribution in [0.3, 0.4) is 0 Å². The lowest BCUT2D eigenvalue weighted by atomic mass is 9.85. The van der Waals surface area contributed by atoms with Gasteiger partial charge in [-0.25, -0.2) is 0 Å². The third-order valence-electron chi connectivity index (χ3n) is 2.89. The molecule has 0 bridgehead atoms. The van der Waals surface area contributed by atoms with Crippen LogP contribution < -0.4 is 0 Å². The van der Waals surface area contributed by atoms with E-state index in [0.717, 1.165) is 11.1 Å². The molecular weight excluding hydrogens is 226 g/mol. The molecule has 0 saturated heterocycles. The summed E-state index contributed by atoms with van der Waals surface area (Å²) < 4.78 is 0. The number of aromatic hydroxyl groups is 2. The first kappa shape index (κ1) is 12.4. The van der Waals surface area contributed by atoms with Gasteiger partial charge in [0.25, 0.3) is 0 Å². The van der Waals surface area contributed by atoms with Gasteiger partial charge in [-0.3, -0.25) is 4.98 Å². The summed E-state index contributed by atoms with van der Waals surface area (Å²) in [6.45, 7) is 5.97. The van der Waals surface area contributed by atoms with Crippen LogP contribution in [0.15, 0.2) is 36.7 Å². The molecule has 1 heterocycles. The zero-order valence-electron chi connectivity index (χ0n) is 10.8. The lowest BCUT2D eigenvalue weighted by Gasteiger charge is -2.21. The van der Waals surface area contributed by atoms with Crippen LogP contribution in [-0.4, -0.2) is 15.2 Å². The minimum Gasteiger partial charge on any atom is -0.508 e. The molecule has 0 amide bonds. The number of hydrogen-bond donors (Lipinski definition) is 2. The van der Waals surface area contributed by atoms with E-state index < -0.39 is 0 Å². The summed E-state index contributed by atoms with van der Waals surface area (Å²) in [7, 11) is 0. The lowest BCUT2D eigenvalue weighted by Crippen LogP contribution is -2.11. The van der Waals surface area contributed by atoms with Crippen LogP contribution in [0.25, 0.3) is 11.1 Å². The lowest BCUT2D eigenvalue weighted by molar-refractivity contribution is 0.436. The molecule has 2 N–H and O–H groups in total. The van der Waals surface area contributed by atoms with Gasteiger partial charge in [0.15, 0.2) is 0 Å². The van der Waals surface area contributed by atoms with Crippen LogP contribution in [0.1, 0.15) is 26.3 Å².